The Bertz CT molecular complexity index is 601. The van der Waals surface area contributed by atoms with E-state index in [-0.39, 0.29) is 17.3 Å². The van der Waals surface area contributed by atoms with Crippen LogP contribution in [0.4, 0.5) is 5.69 Å². The molecule has 0 aromatic carbocycles. The Morgan fingerprint density at radius 2 is 2.19 bits per heavy atom. The van der Waals surface area contributed by atoms with Gasteiger partial charge >= 0.3 is 5.97 Å². The van der Waals surface area contributed by atoms with Gasteiger partial charge in [0.2, 0.25) is 0 Å². The zero-order chi connectivity index (χ0) is 15.6. The molecule has 2 atom stereocenters. The predicted molar refractivity (Wildman–Crippen MR) is 71.9 cm³/mol. The third kappa shape index (κ3) is 3.33. The van der Waals surface area contributed by atoms with E-state index >= 15 is 0 Å². The van der Waals surface area contributed by atoms with Crippen molar-refractivity contribution in [1.29, 1.82) is 0 Å². The summed E-state index contributed by atoms with van der Waals surface area (Å²) in [5.41, 5.74) is 0.287. The van der Waals surface area contributed by atoms with Crippen LogP contribution in [0.1, 0.15) is 35.3 Å². The van der Waals surface area contributed by atoms with E-state index in [1.54, 1.807) is 6.92 Å². The summed E-state index contributed by atoms with van der Waals surface area (Å²) in [6.07, 6.45) is 2.58. The molecule has 8 nitrogen and oxygen atoms in total. The van der Waals surface area contributed by atoms with Crippen LogP contribution in [-0.4, -0.2) is 32.9 Å². The Labute approximate surface area is 120 Å². The van der Waals surface area contributed by atoms with Crippen LogP contribution in [0.2, 0.25) is 0 Å². The Morgan fingerprint density at radius 3 is 2.76 bits per heavy atom. The first kappa shape index (κ1) is 14.9. The minimum absolute atomic E-state index is 0.142. The van der Waals surface area contributed by atoms with Crippen LogP contribution in [0.25, 0.3) is 0 Å². The van der Waals surface area contributed by atoms with E-state index in [4.69, 9.17) is 5.11 Å². The van der Waals surface area contributed by atoms with E-state index in [9.17, 15) is 19.7 Å². The lowest BCUT2D eigenvalue weighted by atomic mass is 10.1. The Hall–Kier alpha value is -2.51. The van der Waals surface area contributed by atoms with E-state index in [0.717, 1.165) is 6.20 Å². The van der Waals surface area contributed by atoms with Crippen molar-refractivity contribution in [3.05, 3.63) is 33.6 Å². The first-order chi connectivity index (χ1) is 9.88. The van der Waals surface area contributed by atoms with E-state index in [1.165, 1.54) is 6.07 Å². The SMILES string of the molecule is Cc1ncc([N+](=O)[O-])cc1C(=O)N[C@@H]1CC[C@H](C(=O)O)C1. The van der Waals surface area contributed by atoms with E-state index in [0.29, 0.717) is 25.0 Å². The molecule has 1 aromatic heterocycles. The second-order valence-corrected chi connectivity index (χ2v) is 5.10. The van der Waals surface area contributed by atoms with Crippen molar-refractivity contribution >= 4 is 17.6 Å². The van der Waals surface area contributed by atoms with Crippen LogP contribution >= 0.6 is 0 Å². The summed E-state index contributed by atoms with van der Waals surface area (Å²) in [7, 11) is 0. The van der Waals surface area contributed by atoms with Crippen LogP contribution in [0.15, 0.2) is 12.3 Å². The number of carboxylic acids is 1. The topological polar surface area (TPSA) is 122 Å². The monoisotopic (exact) mass is 293 g/mol. The first-order valence-electron chi connectivity index (χ1n) is 6.53. The molecule has 0 saturated heterocycles. The number of carboxylic acid groups (broad SMARTS) is 1. The van der Waals surface area contributed by atoms with Crippen LogP contribution < -0.4 is 5.32 Å². The Balaban J connectivity index is 2.09. The lowest BCUT2D eigenvalue weighted by molar-refractivity contribution is -0.385. The molecule has 112 valence electrons. The molecule has 0 aliphatic heterocycles. The number of hydrogen-bond donors (Lipinski definition) is 2. The molecule has 1 amide bonds. The normalized spacial score (nSPS) is 21.0. The predicted octanol–water partition coefficient (Wildman–Crippen LogP) is 1.28. The van der Waals surface area contributed by atoms with Crippen molar-refractivity contribution in [3.8, 4) is 0 Å². The molecule has 0 unspecified atom stereocenters. The third-order valence-electron chi connectivity index (χ3n) is 3.65. The maximum Gasteiger partial charge on any atom is 0.306 e. The minimum atomic E-state index is -0.861. The van der Waals surface area contributed by atoms with Gasteiger partial charge in [0.25, 0.3) is 11.6 Å². The summed E-state index contributed by atoms with van der Waals surface area (Å²) >= 11 is 0. The van der Waals surface area contributed by atoms with Crippen LogP contribution in [0.3, 0.4) is 0 Å². The van der Waals surface area contributed by atoms with Gasteiger partial charge in [-0.2, -0.15) is 0 Å². The van der Waals surface area contributed by atoms with Gasteiger partial charge < -0.3 is 10.4 Å². The number of aryl methyl sites for hydroxylation is 1. The number of nitrogens with zero attached hydrogens (tertiary/aromatic N) is 2. The van der Waals surface area contributed by atoms with Gasteiger partial charge in [-0.1, -0.05) is 0 Å². The number of rotatable bonds is 4. The number of carbonyl (C=O) groups excluding carboxylic acids is 1. The molecule has 1 heterocycles. The van der Waals surface area contributed by atoms with Crippen molar-refractivity contribution in [2.45, 2.75) is 32.2 Å². The van der Waals surface area contributed by atoms with Crippen LogP contribution in [-0.2, 0) is 4.79 Å². The Kier molecular flexibility index (Phi) is 4.15. The van der Waals surface area contributed by atoms with Gasteiger partial charge in [0.1, 0.15) is 6.20 Å². The first-order valence-corrected chi connectivity index (χ1v) is 6.53. The molecule has 1 aromatic rings. The van der Waals surface area contributed by atoms with Gasteiger partial charge in [-0.15, -0.1) is 0 Å². The molecule has 0 bridgehead atoms. The van der Waals surface area contributed by atoms with Gasteiger partial charge in [0, 0.05) is 12.1 Å². The molecule has 2 N–H and O–H groups in total. The highest BCUT2D eigenvalue weighted by Gasteiger charge is 2.31. The summed E-state index contributed by atoms with van der Waals surface area (Å²) < 4.78 is 0. The highest BCUT2D eigenvalue weighted by Crippen LogP contribution is 2.26. The molecular formula is C13H15N3O5. The van der Waals surface area contributed by atoms with Crippen LogP contribution in [0, 0.1) is 23.0 Å². The molecular weight excluding hydrogens is 278 g/mol. The van der Waals surface area contributed by atoms with Crippen molar-refractivity contribution in [3.63, 3.8) is 0 Å². The fraction of sp³-hybridized carbons (Fsp3) is 0.462. The number of aliphatic carboxylic acids is 1. The second kappa shape index (κ2) is 5.86. The molecule has 1 saturated carbocycles. The Morgan fingerprint density at radius 1 is 1.48 bits per heavy atom. The number of pyridine rings is 1. The maximum absolute atomic E-state index is 12.2. The molecule has 8 heteroatoms. The number of carbonyl (C=O) groups is 2. The highest BCUT2D eigenvalue weighted by molar-refractivity contribution is 5.96. The highest BCUT2D eigenvalue weighted by atomic mass is 16.6. The fourth-order valence-electron chi connectivity index (χ4n) is 2.45. The quantitative estimate of drug-likeness (QED) is 0.636. The van der Waals surface area contributed by atoms with E-state index < -0.39 is 22.7 Å². The lowest BCUT2D eigenvalue weighted by Crippen LogP contribution is -2.34. The number of nitrogens with one attached hydrogen (secondary N) is 1. The summed E-state index contributed by atoms with van der Waals surface area (Å²) in [6, 6.07) is 0.957. The smallest absolute Gasteiger partial charge is 0.306 e. The van der Waals surface area contributed by atoms with Crippen molar-refractivity contribution in [1.82, 2.24) is 10.3 Å². The van der Waals surface area contributed by atoms with E-state index in [2.05, 4.69) is 10.3 Å². The summed E-state index contributed by atoms with van der Waals surface area (Å²) in [4.78, 5) is 37.0. The van der Waals surface area contributed by atoms with Gasteiger partial charge in [-0.25, -0.2) is 0 Å². The molecule has 0 spiro atoms. The number of hydrogen-bond acceptors (Lipinski definition) is 5. The minimum Gasteiger partial charge on any atom is -0.481 e. The fourth-order valence-corrected chi connectivity index (χ4v) is 2.45. The van der Waals surface area contributed by atoms with Crippen molar-refractivity contribution in [2.24, 2.45) is 5.92 Å². The molecule has 0 radical (unpaired) electrons. The molecule has 21 heavy (non-hydrogen) atoms. The molecule has 1 aliphatic carbocycles. The summed E-state index contributed by atoms with van der Waals surface area (Å²) in [5, 5.41) is 22.4. The lowest BCUT2D eigenvalue weighted by Gasteiger charge is -2.13. The van der Waals surface area contributed by atoms with Gasteiger partial charge in [0.05, 0.1) is 22.1 Å². The average Bonchev–Trinajstić information content (AvgIpc) is 2.87. The zero-order valence-corrected chi connectivity index (χ0v) is 11.4. The van der Waals surface area contributed by atoms with E-state index in [1.807, 2.05) is 0 Å². The van der Waals surface area contributed by atoms with Gasteiger partial charge in [0.15, 0.2) is 0 Å². The maximum atomic E-state index is 12.2. The van der Waals surface area contributed by atoms with Crippen molar-refractivity contribution in [2.75, 3.05) is 0 Å². The molecule has 2 rings (SSSR count). The van der Waals surface area contributed by atoms with Crippen molar-refractivity contribution < 1.29 is 19.6 Å². The second-order valence-electron chi connectivity index (χ2n) is 5.10. The summed E-state index contributed by atoms with van der Waals surface area (Å²) in [6.45, 7) is 1.59. The number of aromatic nitrogens is 1. The largest absolute Gasteiger partial charge is 0.481 e. The zero-order valence-electron chi connectivity index (χ0n) is 11.4. The number of nitro groups is 1. The average molecular weight is 293 g/mol. The standard InChI is InChI=1S/C13H15N3O5/c1-7-11(5-10(6-14-7)16(20)21)12(17)15-9-3-2-8(4-9)13(18)19/h5-6,8-9H,2-4H2,1H3,(H,15,17)(H,18,19)/t8-,9+/m0/s1. The molecule has 1 aliphatic rings. The van der Waals surface area contributed by atoms with Crippen LogP contribution in [0.5, 0.6) is 0 Å². The summed E-state index contributed by atoms with van der Waals surface area (Å²) in [5.74, 6) is -1.76. The van der Waals surface area contributed by atoms with Gasteiger partial charge in [-0.3, -0.25) is 24.7 Å². The molecule has 1 fully saturated rings. The van der Waals surface area contributed by atoms with Gasteiger partial charge in [-0.05, 0) is 26.2 Å². The third-order valence-corrected chi connectivity index (χ3v) is 3.65. The number of amides is 1.